The summed E-state index contributed by atoms with van der Waals surface area (Å²) >= 11 is 0. The van der Waals surface area contributed by atoms with E-state index in [0.29, 0.717) is 6.04 Å². The number of methoxy groups -OCH3 is 1. The Kier molecular flexibility index (Phi) is 6.02. The molecule has 20 heavy (non-hydrogen) atoms. The summed E-state index contributed by atoms with van der Waals surface area (Å²) in [6.45, 7) is 15.0. The SMILES string of the molecule is CCC(C)N(CCOC)CC1C(O)C(C)(C)OC1(C)C. The van der Waals surface area contributed by atoms with Crippen molar-refractivity contribution in [2.45, 2.75) is 71.3 Å². The van der Waals surface area contributed by atoms with Crippen molar-refractivity contribution < 1.29 is 14.6 Å². The molecule has 3 unspecified atom stereocenters. The molecule has 0 aromatic heterocycles. The van der Waals surface area contributed by atoms with Crippen molar-refractivity contribution in [2.24, 2.45) is 5.92 Å². The van der Waals surface area contributed by atoms with Gasteiger partial charge in [0.05, 0.1) is 23.9 Å². The van der Waals surface area contributed by atoms with Crippen molar-refractivity contribution in [1.29, 1.82) is 0 Å². The van der Waals surface area contributed by atoms with Gasteiger partial charge in [-0.15, -0.1) is 0 Å². The highest BCUT2D eigenvalue weighted by atomic mass is 16.5. The molecule has 1 aliphatic rings. The molecule has 1 saturated heterocycles. The van der Waals surface area contributed by atoms with Gasteiger partial charge >= 0.3 is 0 Å². The van der Waals surface area contributed by atoms with Gasteiger partial charge in [-0.3, -0.25) is 4.90 Å². The smallest absolute Gasteiger partial charge is 0.0896 e. The first-order valence-electron chi connectivity index (χ1n) is 7.77. The van der Waals surface area contributed by atoms with E-state index in [9.17, 15) is 5.11 Å². The van der Waals surface area contributed by atoms with Crippen LogP contribution in [0.25, 0.3) is 0 Å². The number of ether oxygens (including phenoxy) is 2. The number of hydrogen-bond donors (Lipinski definition) is 1. The zero-order chi connectivity index (χ0) is 15.6. The monoisotopic (exact) mass is 287 g/mol. The molecule has 4 nitrogen and oxygen atoms in total. The summed E-state index contributed by atoms with van der Waals surface area (Å²) < 4.78 is 11.3. The van der Waals surface area contributed by atoms with Crippen LogP contribution in [0.15, 0.2) is 0 Å². The molecule has 4 heteroatoms. The minimum absolute atomic E-state index is 0.114. The summed E-state index contributed by atoms with van der Waals surface area (Å²) in [4.78, 5) is 2.41. The number of nitrogens with zero attached hydrogens (tertiary/aromatic N) is 1. The van der Waals surface area contributed by atoms with Gasteiger partial charge in [-0.25, -0.2) is 0 Å². The van der Waals surface area contributed by atoms with Crippen LogP contribution in [0.1, 0.15) is 48.0 Å². The van der Waals surface area contributed by atoms with Crippen molar-refractivity contribution in [3.05, 3.63) is 0 Å². The molecular formula is C16H33NO3. The van der Waals surface area contributed by atoms with Crippen LogP contribution < -0.4 is 0 Å². The lowest BCUT2D eigenvalue weighted by atomic mass is 9.84. The number of aliphatic hydroxyl groups excluding tert-OH is 1. The molecule has 120 valence electrons. The van der Waals surface area contributed by atoms with Crippen LogP contribution in [0.2, 0.25) is 0 Å². The maximum Gasteiger partial charge on any atom is 0.0896 e. The molecule has 1 fully saturated rings. The molecule has 1 heterocycles. The largest absolute Gasteiger partial charge is 0.390 e. The zero-order valence-electron chi connectivity index (χ0n) is 14.3. The molecular weight excluding hydrogens is 254 g/mol. The summed E-state index contributed by atoms with van der Waals surface area (Å²) in [5, 5.41) is 10.6. The van der Waals surface area contributed by atoms with E-state index in [1.165, 1.54) is 0 Å². The topological polar surface area (TPSA) is 41.9 Å². The summed E-state index contributed by atoms with van der Waals surface area (Å²) in [6.07, 6.45) is 0.656. The van der Waals surface area contributed by atoms with Gasteiger partial charge in [0.15, 0.2) is 0 Å². The van der Waals surface area contributed by atoms with Gasteiger partial charge < -0.3 is 14.6 Å². The Morgan fingerprint density at radius 3 is 2.25 bits per heavy atom. The van der Waals surface area contributed by atoms with E-state index < -0.39 is 11.7 Å². The lowest BCUT2D eigenvalue weighted by Crippen LogP contribution is -2.47. The number of rotatable bonds is 7. The quantitative estimate of drug-likeness (QED) is 0.780. The van der Waals surface area contributed by atoms with E-state index >= 15 is 0 Å². The predicted molar refractivity (Wildman–Crippen MR) is 81.9 cm³/mol. The van der Waals surface area contributed by atoms with Crippen LogP contribution >= 0.6 is 0 Å². The van der Waals surface area contributed by atoms with Crippen LogP contribution in [-0.4, -0.2) is 60.2 Å². The summed E-state index contributed by atoms with van der Waals surface area (Å²) in [6, 6.07) is 0.483. The Balaban J connectivity index is 2.81. The lowest BCUT2D eigenvalue weighted by molar-refractivity contribution is -0.0916. The molecule has 0 saturated carbocycles. The minimum atomic E-state index is -0.476. The average Bonchev–Trinajstić information content (AvgIpc) is 2.50. The molecule has 1 N–H and O–H groups in total. The van der Waals surface area contributed by atoms with E-state index in [4.69, 9.17) is 9.47 Å². The highest BCUT2D eigenvalue weighted by Gasteiger charge is 2.53. The zero-order valence-corrected chi connectivity index (χ0v) is 14.3. The molecule has 0 aliphatic carbocycles. The van der Waals surface area contributed by atoms with Crippen molar-refractivity contribution in [3.8, 4) is 0 Å². The van der Waals surface area contributed by atoms with Crippen molar-refractivity contribution in [2.75, 3.05) is 26.8 Å². The highest BCUT2D eigenvalue weighted by molar-refractivity contribution is 5.02. The first kappa shape index (κ1) is 17.9. The maximum absolute atomic E-state index is 10.6. The van der Waals surface area contributed by atoms with Crippen LogP contribution in [-0.2, 0) is 9.47 Å². The Bertz CT molecular complexity index is 304. The second kappa shape index (κ2) is 6.73. The van der Waals surface area contributed by atoms with E-state index in [-0.39, 0.29) is 11.5 Å². The van der Waals surface area contributed by atoms with Crippen molar-refractivity contribution in [1.82, 2.24) is 4.90 Å². The van der Waals surface area contributed by atoms with E-state index in [0.717, 1.165) is 26.1 Å². The van der Waals surface area contributed by atoms with Crippen molar-refractivity contribution >= 4 is 0 Å². The third-order valence-corrected chi connectivity index (χ3v) is 4.74. The van der Waals surface area contributed by atoms with E-state index in [1.807, 2.05) is 13.8 Å². The molecule has 0 aromatic carbocycles. The lowest BCUT2D eigenvalue weighted by Gasteiger charge is -2.35. The Morgan fingerprint density at radius 1 is 1.25 bits per heavy atom. The number of hydrogen-bond acceptors (Lipinski definition) is 4. The van der Waals surface area contributed by atoms with Crippen LogP contribution in [0.3, 0.4) is 0 Å². The maximum atomic E-state index is 10.6. The Hall–Kier alpha value is -0.160. The minimum Gasteiger partial charge on any atom is -0.390 e. The normalized spacial score (nSPS) is 29.9. The van der Waals surface area contributed by atoms with Gasteiger partial charge in [-0.2, -0.15) is 0 Å². The highest BCUT2D eigenvalue weighted by Crippen LogP contribution is 2.42. The predicted octanol–water partition coefficient (Wildman–Crippen LogP) is 2.30. The Morgan fingerprint density at radius 2 is 1.85 bits per heavy atom. The number of aliphatic hydroxyl groups is 1. The third-order valence-electron chi connectivity index (χ3n) is 4.74. The van der Waals surface area contributed by atoms with Crippen LogP contribution in [0.4, 0.5) is 0 Å². The van der Waals surface area contributed by atoms with Gasteiger partial charge in [-0.05, 0) is 41.0 Å². The molecule has 1 aliphatic heterocycles. The molecule has 3 atom stereocenters. The van der Waals surface area contributed by atoms with Gasteiger partial charge in [0.2, 0.25) is 0 Å². The molecule has 0 radical (unpaired) electrons. The summed E-state index contributed by atoms with van der Waals surface area (Å²) in [5.41, 5.74) is -0.780. The third kappa shape index (κ3) is 3.94. The fourth-order valence-electron chi connectivity index (χ4n) is 3.21. The summed E-state index contributed by atoms with van der Waals surface area (Å²) in [5.74, 6) is 0.114. The van der Waals surface area contributed by atoms with Gasteiger partial charge in [-0.1, -0.05) is 6.92 Å². The van der Waals surface area contributed by atoms with E-state index in [2.05, 4.69) is 32.6 Å². The van der Waals surface area contributed by atoms with Crippen LogP contribution in [0, 0.1) is 5.92 Å². The standard InChI is InChI=1S/C16H33NO3/c1-8-12(2)17(9-10-19-7)11-13-14(18)16(5,6)20-15(13,3)4/h12-14,18H,8-11H2,1-7H3. The molecule has 1 rings (SSSR count). The first-order chi connectivity index (χ1) is 9.15. The first-order valence-corrected chi connectivity index (χ1v) is 7.77. The second-order valence-electron chi connectivity index (χ2n) is 7.11. The van der Waals surface area contributed by atoms with Gasteiger partial charge in [0.25, 0.3) is 0 Å². The summed E-state index contributed by atoms with van der Waals surface area (Å²) in [7, 11) is 1.73. The molecule has 0 aromatic rings. The fourth-order valence-corrected chi connectivity index (χ4v) is 3.21. The van der Waals surface area contributed by atoms with Crippen molar-refractivity contribution in [3.63, 3.8) is 0 Å². The van der Waals surface area contributed by atoms with Crippen LogP contribution in [0.5, 0.6) is 0 Å². The average molecular weight is 287 g/mol. The Labute approximate surface area is 124 Å². The van der Waals surface area contributed by atoms with Gasteiger partial charge in [0, 0.05) is 32.2 Å². The second-order valence-corrected chi connectivity index (χ2v) is 7.11. The fraction of sp³-hybridized carbons (Fsp3) is 1.00. The molecule has 0 amide bonds. The molecule has 0 spiro atoms. The van der Waals surface area contributed by atoms with E-state index in [1.54, 1.807) is 7.11 Å². The molecule has 0 bridgehead atoms. The van der Waals surface area contributed by atoms with Gasteiger partial charge in [0.1, 0.15) is 0 Å².